The van der Waals surface area contributed by atoms with E-state index in [0.717, 1.165) is 16.7 Å². The predicted octanol–water partition coefficient (Wildman–Crippen LogP) is 2.69. The SMILES string of the molecule is COc1ccc2oc(C(=O)N3CCN(C(=O)C(C)C)CC3)c(C)c2c1. The molecule has 1 aliphatic rings. The van der Waals surface area contributed by atoms with Crippen LogP contribution in [0, 0.1) is 12.8 Å². The van der Waals surface area contributed by atoms with Gasteiger partial charge < -0.3 is 19.0 Å². The molecule has 0 aliphatic carbocycles. The van der Waals surface area contributed by atoms with E-state index >= 15 is 0 Å². The Morgan fingerprint density at radius 1 is 1.12 bits per heavy atom. The highest BCUT2D eigenvalue weighted by molar-refractivity contribution is 5.99. The molecule has 1 aromatic heterocycles. The third-order valence-corrected chi connectivity index (χ3v) is 4.71. The third kappa shape index (κ3) is 3.21. The van der Waals surface area contributed by atoms with Crippen LogP contribution in [0.2, 0.25) is 0 Å². The van der Waals surface area contributed by atoms with E-state index < -0.39 is 0 Å². The van der Waals surface area contributed by atoms with Crippen LogP contribution in [0.15, 0.2) is 22.6 Å². The monoisotopic (exact) mass is 344 g/mol. The molecule has 1 fully saturated rings. The number of fused-ring (bicyclic) bond motifs is 1. The maximum Gasteiger partial charge on any atom is 0.290 e. The minimum atomic E-state index is -0.121. The van der Waals surface area contributed by atoms with Gasteiger partial charge in [-0.05, 0) is 25.1 Å². The first kappa shape index (κ1) is 17.3. The Balaban J connectivity index is 1.77. The van der Waals surface area contributed by atoms with Gasteiger partial charge in [-0.2, -0.15) is 0 Å². The zero-order valence-electron chi connectivity index (χ0n) is 15.2. The molecule has 2 heterocycles. The maximum absolute atomic E-state index is 12.9. The number of ether oxygens (including phenoxy) is 1. The van der Waals surface area contributed by atoms with E-state index in [1.165, 1.54) is 0 Å². The number of rotatable bonds is 3. The summed E-state index contributed by atoms with van der Waals surface area (Å²) in [6, 6.07) is 5.51. The smallest absolute Gasteiger partial charge is 0.290 e. The van der Waals surface area contributed by atoms with Crippen molar-refractivity contribution in [2.45, 2.75) is 20.8 Å². The number of aryl methyl sites for hydroxylation is 1. The van der Waals surface area contributed by atoms with Gasteiger partial charge in [-0.3, -0.25) is 9.59 Å². The molecule has 6 heteroatoms. The fourth-order valence-corrected chi connectivity index (χ4v) is 3.17. The van der Waals surface area contributed by atoms with Crippen molar-refractivity contribution in [3.05, 3.63) is 29.5 Å². The summed E-state index contributed by atoms with van der Waals surface area (Å²) < 4.78 is 11.0. The number of benzene rings is 1. The predicted molar refractivity (Wildman–Crippen MR) is 94.8 cm³/mol. The molecule has 134 valence electrons. The summed E-state index contributed by atoms with van der Waals surface area (Å²) >= 11 is 0. The molecule has 3 rings (SSSR count). The van der Waals surface area contributed by atoms with Gasteiger partial charge in [0.25, 0.3) is 5.91 Å². The van der Waals surface area contributed by atoms with E-state index in [0.29, 0.717) is 37.5 Å². The van der Waals surface area contributed by atoms with Gasteiger partial charge in [-0.15, -0.1) is 0 Å². The minimum absolute atomic E-state index is 0.0187. The van der Waals surface area contributed by atoms with Gasteiger partial charge in [0, 0.05) is 43.0 Å². The first-order valence-corrected chi connectivity index (χ1v) is 8.57. The molecule has 1 saturated heterocycles. The molecule has 2 amide bonds. The summed E-state index contributed by atoms with van der Waals surface area (Å²) in [6.07, 6.45) is 0. The van der Waals surface area contributed by atoms with Crippen LogP contribution >= 0.6 is 0 Å². The Morgan fingerprint density at radius 2 is 1.76 bits per heavy atom. The topological polar surface area (TPSA) is 63.0 Å². The van der Waals surface area contributed by atoms with Crippen molar-refractivity contribution in [2.75, 3.05) is 33.3 Å². The Morgan fingerprint density at radius 3 is 2.36 bits per heavy atom. The fourth-order valence-electron chi connectivity index (χ4n) is 3.17. The zero-order valence-corrected chi connectivity index (χ0v) is 15.2. The molecule has 2 aromatic rings. The highest BCUT2D eigenvalue weighted by atomic mass is 16.5. The number of furan rings is 1. The summed E-state index contributed by atoms with van der Waals surface area (Å²) in [5, 5.41) is 0.885. The van der Waals surface area contributed by atoms with Gasteiger partial charge in [-0.25, -0.2) is 0 Å². The molecular weight excluding hydrogens is 320 g/mol. The molecular formula is C19H24N2O4. The van der Waals surface area contributed by atoms with Crippen LogP contribution in [0.5, 0.6) is 5.75 Å². The molecule has 0 unspecified atom stereocenters. The molecule has 0 spiro atoms. The van der Waals surface area contributed by atoms with Crippen molar-refractivity contribution in [1.29, 1.82) is 0 Å². The lowest BCUT2D eigenvalue weighted by atomic mass is 10.1. The van der Waals surface area contributed by atoms with E-state index in [2.05, 4.69) is 0 Å². The Labute approximate surface area is 147 Å². The normalized spacial score (nSPS) is 15.1. The highest BCUT2D eigenvalue weighted by Crippen LogP contribution is 2.29. The maximum atomic E-state index is 12.9. The van der Waals surface area contributed by atoms with Crippen molar-refractivity contribution in [1.82, 2.24) is 9.80 Å². The van der Waals surface area contributed by atoms with Gasteiger partial charge in [0.1, 0.15) is 11.3 Å². The van der Waals surface area contributed by atoms with Crippen molar-refractivity contribution >= 4 is 22.8 Å². The van der Waals surface area contributed by atoms with Crippen LogP contribution in [0.25, 0.3) is 11.0 Å². The summed E-state index contributed by atoms with van der Waals surface area (Å²) in [5.41, 5.74) is 1.50. The Bertz CT molecular complexity index is 801. The van der Waals surface area contributed by atoms with Crippen LogP contribution in [-0.2, 0) is 4.79 Å². The fraction of sp³-hybridized carbons (Fsp3) is 0.474. The van der Waals surface area contributed by atoms with Gasteiger partial charge in [0.2, 0.25) is 5.91 Å². The van der Waals surface area contributed by atoms with Gasteiger partial charge >= 0.3 is 0 Å². The van der Waals surface area contributed by atoms with Crippen LogP contribution in [0.1, 0.15) is 30.0 Å². The second-order valence-corrected chi connectivity index (χ2v) is 6.69. The molecule has 6 nitrogen and oxygen atoms in total. The van der Waals surface area contributed by atoms with E-state index in [4.69, 9.17) is 9.15 Å². The molecule has 0 radical (unpaired) electrons. The van der Waals surface area contributed by atoms with Crippen molar-refractivity contribution in [2.24, 2.45) is 5.92 Å². The minimum Gasteiger partial charge on any atom is -0.497 e. The number of hydrogen-bond donors (Lipinski definition) is 0. The average molecular weight is 344 g/mol. The van der Waals surface area contributed by atoms with E-state index in [9.17, 15) is 9.59 Å². The van der Waals surface area contributed by atoms with Crippen LogP contribution < -0.4 is 4.74 Å². The molecule has 0 atom stereocenters. The number of carbonyl (C=O) groups is 2. The standard InChI is InChI=1S/C19H24N2O4/c1-12(2)18(22)20-7-9-21(10-8-20)19(23)17-13(3)15-11-14(24-4)5-6-16(15)25-17/h5-6,11-12H,7-10H2,1-4H3. The highest BCUT2D eigenvalue weighted by Gasteiger charge is 2.29. The lowest BCUT2D eigenvalue weighted by molar-refractivity contribution is -0.135. The molecule has 1 aliphatic heterocycles. The second-order valence-electron chi connectivity index (χ2n) is 6.69. The van der Waals surface area contributed by atoms with Crippen molar-refractivity contribution in [3.8, 4) is 5.75 Å². The largest absolute Gasteiger partial charge is 0.497 e. The average Bonchev–Trinajstić information content (AvgIpc) is 2.96. The number of amides is 2. The third-order valence-electron chi connectivity index (χ3n) is 4.71. The number of nitrogens with zero attached hydrogens (tertiary/aromatic N) is 2. The van der Waals surface area contributed by atoms with Crippen molar-refractivity contribution in [3.63, 3.8) is 0 Å². The first-order valence-electron chi connectivity index (χ1n) is 8.57. The second kappa shape index (κ2) is 6.78. The van der Waals surface area contributed by atoms with Crippen LogP contribution in [0.4, 0.5) is 0 Å². The molecule has 0 saturated carbocycles. The summed E-state index contributed by atoms with van der Waals surface area (Å²) in [7, 11) is 1.61. The summed E-state index contributed by atoms with van der Waals surface area (Å²) in [5.74, 6) is 1.10. The van der Waals surface area contributed by atoms with Crippen LogP contribution in [-0.4, -0.2) is 54.9 Å². The van der Waals surface area contributed by atoms with Gasteiger partial charge in [-0.1, -0.05) is 13.8 Å². The van der Waals surface area contributed by atoms with Gasteiger partial charge in [0.05, 0.1) is 7.11 Å². The first-order chi connectivity index (χ1) is 11.9. The number of carbonyl (C=O) groups excluding carboxylic acids is 2. The summed E-state index contributed by atoms with van der Waals surface area (Å²) in [6.45, 7) is 7.86. The van der Waals surface area contributed by atoms with Crippen LogP contribution in [0.3, 0.4) is 0 Å². The molecule has 0 N–H and O–H groups in total. The lowest BCUT2D eigenvalue weighted by Crippen LogP contribution is -2.51. The number of piperazine rings is 1. The molecule has 25 heavy (non-hydrogen) atoms. The Kier molecular flexibility index (Phi) is 4.70. The molecule has 1 aromatic carbocycles. The number of methoxy groups -OCH3 is 1. The van der Waals surface area contributed by atoms with E-state index in [-0.39, 0.29) is 17.7 Å². The Hall–Kier alpha value is -2.50. The lowest BCUT2D eigenvalue weighted by Gasteiger charge is -2.35. The molecule has 0 bridgehead atoms. The quantitative estimate of drug-likeness (QED) is 0.859. The summed E-state index contributed by atoms with van der Waals surface area (Å²) in [4.78, 5) is 28.5. The zero-order chi connectivity index (χ0) is 18.1. The van der Waals surface area contributed by atoms with Gasteiger partial charge in [0.15, 0.2) is 5.76 Å². The number of hydrogen-bond acceptors (Lipinski definition) is 4. The van der Waals surface area contributed by atoms with Crippen molar-refractivity contribution < 1.29 is 18.7 Å². The van der Waals surface area contributed by atoms with E-state index in [1.54, 1.807) is 12.0 Å². The van der Waals surface area contributed by atoms with E-state index in [1.807, 2.05) is 43.9 Å².